The van der Waals surface area contributed by atoms with Crippen LogP contribution in [0.5, 0.6) is 0 Å². The predicted molar refractivity (Wildman–Crippen MR) is 60.0 cm³/mol. The third-order valence-corrected chi connectivity index (χ3v) is 2.17. The van der Waals surface area contributed by atoms with E-state index in [0.717, 1.165) is 6.54 Å². The summed E-state index contributed by atoms with van der Waals surface area (Å²) in [6.45, 7) is 4.30. The molecule has 2 unspecified atom stereocenters. The maximum absolute atomic E-state index is 11.5. The van der Waals surface area contributed by atoms with Crippen molar-refractivity contribution in [2.45, 2.75) is 38.8 Å². The second-order valence-corrected chi connectivity index (χ2v) is 4.30. The molecule has 0 saturated heterocycles. The van der Waals surface area contributed by atoms with Gasteiger partial charge >= 0.3 is 0 Å². The SMILES string of the molecule is CC(O)CCC(=O)N(N)C(C)CN(C)C. The van der Waals surface area contributed by atoms with E-state index in [9.17, 15) is 4.79 Å². The van der Waals surface area contributed by atoms with Crippen molar-refractivity contribution in [3.63, 3.8) is 0 Å². The average Bonchev–Trinajstić information content (AvgIpc) is 2.11. The topological polar surface area (TPSA) is 69.8 Å². The van der Waals surface area contributed by atoms with Crippen molar-refractivity contribution in [1.29, 1.82) is 0 Å². The number of aliphatic hydroxyl groups is 1. The van der Waals surface area contributed by atoms with Gasteiger partial charge in [-0.3, -0.25) is 9.80 Å². The van der Waals surface area contributed by atoms with E-state index in [2.05, 4.69) is 0 Å². The standard InChI is InChI=1S/C10H23N3O2/c1-8(7-12(3)4)13(11)10(15)6-5-9(2)14/h8-9,14H,5-7,11H2,1-4H3. The molecule has 0 radical (unpaired) electrons. The average molecular weight is 217 g/mol. The van der Waals surface area contributed by atoms with Crippen molar-refractivity contribution >= 4 is 5.91 Å². The van der Waals surface area contributed by atoms with Gasteiger partial charge in [0.2, 0.25) is 5.91 Å². The van der Waals surface area contributed by atoms with Gasteiger partial charge in [-0.25, -0.2) is 5.84 Å². The molecule has 0 aromatic carbocycles. The van der Waals surface area contributed by atoms with Gasteiger partial charge in [-0.2, -0.15) is 0 Å². The Bertz CT molecular complexity index is 195. The first kappa shape index (κ1) is 14.3. The van der Waals surface area contributed by atoms with E-state index < -0.39 is 6.10 Å². The summed E-state index contributed by atoms with van der Waals surface area (Å²) in [4.78, 5) is 13.5. The normalized spacial score (nSPS) is 15.1. The lowest BCUT2D eigenvalue weighted by molar-refractivity contribution is -0.134. The van der Waals surface area contributed by atoms with Crippen LogP contribution in [-0.4, -0.2) is 53.7 Å². The molecule has 0 saturated carbocycles. The maximum atomic E-state index is 11.5. The summed E-state index contributed by atoms with van der Waals surface area (Å²) in [6.07, 6.45) is 0.305. The number of hydrazine groups is 1. The quantitative estimate of drug-likeness (QED) is 0.367. The van der Waals surface area contributed by atoms with Crippen LogP contribution >= 0.6 is 0 Å². The molecule has 0 aliphatic rings. The number of nitrogens with zero attached hydrogens (tertiary/aromatic N) is 2. The lowest BCUT2D eigenvalue weighted by Gasteiger charge is -2.26. The Morgan fingerprint density at radius 1 is 1.40 bits per heavy atom. The Hall–Kier alpha value is -0.650. The van der Waals surface area contributed by atoms with Crippen LogP contribution in [0.25, 0.3) is 0 Å². The molecule has 5 nitrogen and oxygen atoms in total. The molecule has 90 valence electrons. The molecule has 15 heavy (non-hydrogen) atoms. The zero-order chi connectivity index (χ0) is 12.0. The molecule has 0 heterocycles. The van der Waals surface area contributed by atoms with Crippen molar-refractivity contribution in [3.8, 4) is 0 Å². The number of aliphatic hydroxyl groups excluding tert-OH is 1. The fraction of sp³-hybridized carbons (Fsp3) is 0.900. The maximum Gasteiger partial charge on any atom is 0.236 e. The van der Waals surface area contributed by atoms with E-state index in [-0.39, 0.29) is 11.9 Å². The van der Waals surface area contributed by atoms with Crippen molar-refractivity contribution in [2.24, 2.45) is 5.84 Å². The van der Waals surface area contributed by atoms with Crippen LogP contribution in [0.2, 0.25) is 0 Å². The highest BCUT2D eigenvalue weighted by Crippen LogP contribution is 2.02. The van der Waals surface area contributed by atoms with E-state index in [4.69, 9.17) is 10.9 Å². The predicted octanol–water partition coefficient (Wildman–Crippen LogP) is -0.200. The molecule has 5 heteroatoms. The minimum atomic E-state index is -0.452. The molecule has 0 aliphatic heterocycles. The van der Waals surface area contributed by atoms with Crippen LogP contribution in [0, 0.1) is 0 Å². The number of amides is 1. The molecular weight excluding hydrogens is 194 g/mol. The molecule has 3 N–H and O–H groups in total. The molecular formula is C10H23N3O2. The monoisotopic (exact) mass is 217 g/mol. The first-order valence-electron chi connectivity index (χ1n) is 5.24. The molecule has 0 spiro atoms. The third kappa shape index (κ3) is 6.43. The summed E-state index contributed by atoms with van der Waals surface area (Å²) < 4.78 is 0. The van der Waals surface area contributed by atoms with E-state index in [1.807, 2.05) is 25.9 Å². The first-order valence-corrected chi connectivity index (χ1v) is 5.24. The van der Waals surface area contributed by atoms with E-state index in [1.54, 1.807) is 6.92 Å². The summed E-state index contributed by atoms with van der Waals surface area (Å²) in [5, 5.41) is 10.3. The second-order valence-electron chi connectivity index (χ2n) is 4.30. The van der Waals surface area contributed by atoms with Gasteiger partial charge in [0.1, 0.15) is 0 Å². The Morgan fingerprint density at radius 2 is 1.93 bits per heavy atom. The number of nitrogens with two attached hydrogens (primary N) is 1. The van der Waals surface area contributed by atoms with Crippen LogP contribution in [0.1, 0.15) is 26.7 Å². The van der Waals surface area contributed by atoms with Crippen LogP contribution in [0.4, 0.5) is 0 Å². The van der Waals surface area contributed by atoms with Crippen molar-refractivity contribution in [3.05, 3.63) is 0 Å². The molecule has 0 fully saturated rings. The van der Waals surface area contributed by atoms with Gasteiger partial charge in [-0.15, -0.1) is 0 Å². The molecule has 0 aliphatic carbocycles. The third-order valence-electron chi connectivity index (χ3n) is 2.17. The highest BCUT2D eigenvalue weighted by molar-refractivity contribution is 5.75. The zero-order valence-corrected chi connectivity index (χ0v) is 10.1. The van der Waals surface area contributed by atoms with E-state index in [0.29, 0.717) is 12.8 Å². The summed E-state index contributed by atoms with van der Waals surface area (Å²) in [7, 11) is 3.87. The summed E-state index contributed by atoms with van der Waals surface area (Å²) in [5.74, 6) is 5.55. The zero-order valence-electron chi connectivity index (χ0n) is 10.1. The Morgan fingerprint density at radius 3 is 2.33 bits per heavy atom. The molecule has 1 amide bonds. The van der Waals surface area contributed by atoms with Gasteiger partial charge < -0.3 is 10.0 Å². The smallest absolute Gasteiger partial charge is 0.236 e. The number of hydrogen-bond donors (Lipinski definition) is 2. The fourth-order valence-electron chi connectivity index (χ4n) is 1.32. The largest absolute Gasteiger partial charge is 0.393 e. The lowest BCUT2D eigenvalue weighted by atomic mass is 10.2. The number of carbonyl (C=O) groups is 1. The highest BCUT2D eigenvalue weighted by Gasteiger charge is 2.17. The van der Waals surface area contributed by atoms with Crippen LogP contribution in [-0.2, 0) is 4.79 Å². The van der Waals surface area contributed by atoms with Crippen LogP contribution in [0.3, 0.4) is 0 Å². The summed E-state index contributed by atoms with van der Waals surface area (Å²) in [5.41, 5.74) is 0. The molecule has 0 aromatic heterocycles. The van der Waals surface area contributed by atoms with Gasteiger partial charge in [0, 0.05) is 13.0 Å². The Balaban J connectivity index is 3.96. The van der Waals surface area contributed by atoms with Crippen LogP contribution in [0.15, 0.2) is 0 Å². The van der Waals surface area contributed by atoms with E-state index in [1.165, 1.54) is 5.01 Å². The summed E-state index contributed by atoms with van der Waals surface area (Å²) >= 11 is 0. The highest BCUT2D eigenvalue weighted by atomic mass is 16.3. The number of likely N-dealkylation sites (N-methyl/N-ethyl adjacent to an activating group) is 1. The number of hydrogen-bond acceptors (Lipinski definition) is 4. The molecule has 0 rings (SSSR count). The van der Waals surface area contributed by atoms with Crippen molar-refractivity contribution < 1.29 is 9.90 Å². The fourth-order valence-corrected chi connectivity index (χ4v) is 1.32. The van der Waals surface area contributed by atoms with Gasteiger partial charge in [0.25, 0.3) is 0 Å². The van der Waals surface area contributed by atoms with Gasteiger partial charge in [0.15, 0.2) is 0 Å². The minimum Gasteiger partial charge on any atom is -0.393 e. The minimum absolute atomic E-state index is 0.0125. The van der Waals surface area contributed by atoms with E-state index >= 15 is 0 Å². The lowest BCUT2D eigenvalue weighted by Crippen LogP contribution is -2.48. The van der Waals surface area contributed by atoms with Gasteiger partial charge in [-0.1, -0.05) is 0 Å². The van der Waals surface area contributed by atoms with Gasteiger partial charge in [0.05, 0.1) is 12.1 Å². The first-order chi connectivity index (χ1) is 6.84. The number of carbonyl (C=O) groups excluding carboxylic acids is 1. The molecule has 0 aromatic rings. The van der Waals surface area contributed by atoms with Crippen molar-refractivity contribution in [1.82, 2.24) is 9.91 Å². The van der Waals surface area contributed by atoms with Crippen LogP contribution < -0.4 is 5.84 Å². The Labute approximate surface area is 91.8 Å². The molecule has 2 atom stereocenters. The molecule has 0 bridgehead atoms. The number of rotatable bonds is 6. The second kappa shape index (κ2) is 6.76. The van der Waals surface area contributed by atoms with Gasteiger partial charge in [-0.05, 0) is 34.4 Å². The summed E-state index contributed by atoms with van der Waals surface area (Å²) in [6, 6.07) is -0.0125. The Kier molecular flexibility index (Phi) is 6.47. The van der Waals surface area contributed by atoms with Crippen molar-refractivity contribution in [2.75, 3.05) is 20.6 Å².